The summed E-state index contributed by atoms with van der Waals surface area (Å²) < 4.78 is 0. The van der Waals surface area contributed by atoms with Gasteiger partial charge in [-0.3, -0.25) is 0 Å². The molecule has 2 aliphatic rings. The third kappa shape index (κ3) is 4.73. The molecule has 1 saturated carbocycles. The highest BCUT2D eigenvalue weighted by Gasteiger charge is 2.27. The molecule has 0 amide bonds. The van der Waals surface area contributed by atoms with Gasteiger partial charge in [0, 0.05) is 18.6 Å². The molecule has 0 radical (unpaired) electrons. The standard InChI is InChI=1S/C16H32N2O/c1-3-9-18-10-5-6-14(12-18)13(2)17-15-7-4-8-16(19)11-15/h13-17,19H,3-12H2,1-2H3. The Balaban J connectivity index is 1.76. The molecule has 3 heteroatoms. The van der Waals surface area contributed by atoms with E-state index in [2.05, 4.69) is 24.1 Å². The molecule has 4 atom stereocenters. The van der Waals surface area contributed by atoms with Crippen LogP contribution in [0.2, 0.25) is 0 Å². The van der Waals surface area contributed by atoms with Gasteiger partial charge in [-0.15, -0.1) is 0 Å². The highest BCUT2D eigenvalue weighted by Crippen LogP contribution is 2.23. The first-order valence-electron chi connectivity index (χ1n) is 8.35. The second kappa shape index (κ2) is 7.61. The Bertz CT molecular complexity index is 257. The van der Waals surface area contributed by atoms with Crippen LogP contribution in [0.4, 0.5) is 0 Å². The fourth-order valence-electron chi connectivity index (χ4n) is 3.84. The summed E-state index contributed by atoms with van der Waals surface area (Å²) >= 11 is 0. The van der Waals surface area contributed by atoms with E-state index in [-0.39, 0.29) is 6.10 Å². The quantitative estimate of drug-likeness (QED) is 0.803. The zero-order valence-electron chi connectivity index (χ0n) is 12.8. The van der Waals surface area contributed by atoms with Crippen molar-refractivity contribution in [1.29, 1.82) is 0 Å². The molecule has 3 nitrogen and oxygen atoms in total. The number of rotatable bonds is 5. The van der Waals surface area contributed by atoms with Gasteiger partial charge in [0.05, 0.1) is 6.10 Å². The van der Waals surface area contributed by atoms with Gasteiger partial charge in [0.1, 0.15) is 0 Å². The number of aliphatic hydroxyl groups is 1. The number of hydrogen-bond acceptors (Lipinski definition) is 3. The molecule has 19 heavy (non-hydrogen) atoms. The lowest BCUT2D eigenvalue weighted by Gasteiger charge is -2.38. The van der Waals surface area contributed by atoms with E-state index in [0.717, 1.165) is 18.8 Å². The Morgan fingerprint density at radius 1 is 1.26 bits per heavy atom. The molecule has 0 aromatic rings. The van der Waals surface area contributed by atoms with Gasteiger partial charge in [-0.1, -0.05) is 6.92 Å². The fourth-order valence-corrected chi connectivity index (χ4v) is 3.84. The molecule has 112 valence electrons. The summed E-state index contributed by atoms with van der Waals surface area (Å²) in [5.41, 5.74) is 0. The Hall–Kier alpha value is -0.120. The average molecular weight is 268 g/mol. The van der Waals surface area contributed by atoms with E-state index < -0.39 is 0 Å². The number of nitrogens with one attached hydrogen (secondary N) is 1. The number of piperidine rings is 1. The average Bonchev–Trinajstić information content (AvgIpc) is 2.39. The molecule has 0 aromatic heterocycles. The highest BCUT2D eigenvalue weighted by molar-refractivity contribution is 4.85. The zero-order valence-corrected chi connectivity index (χ0v) is 12.8. The maximum Gasteiger partial charge on any atom is 0.0555 e. The Morgan fingerprint density at radius 3 is 2.84 bits per heavy atom. The van der Waals surface area contributed by atoms with Crippen LogP contribution in [0.15, 0.2) is 0 Å². The van der Waals surface area contributed by atoms with Crippen LogP contribution in [-0.4, -0.2) is 47.8 Å². The summed E-state index contributed by atoms with van der Waals surface area (Å²) in [6.45, 7) is 8.43. The molecule has 1 aliphatic heterocycles. The Kier molecular flexibility index (Phi) is 6.11. The maximum atomic E-state index is 9.77. The molecule has 2 N–H and O–H groups in total. The first kappa shape index (κ1) is 15.3. The molecule has 2 fully saturated rings. The number of hydrogen-bond donors (Lipinski definition) is 2. The fraction of sp³-hybridized carbons (Fsp3) is 1.00. The number of likely N-dealkylation sites (tertiary alicyclic amines) is 1. The van der Waals surface area contributed by atoms with Crippen LogP contribution in [0.1, 0.15) is 58.8 Å². The first-order valence-corrected chi connectivity index (χ1v) is 8.35. The summed E-state index contributed by atoms with van der Waals surface area (Å²) in [7, 11) is 0. The van der Waals surface area contributed by atoms with Gasteiger partial charge >= 0.3 is 0 Å². The van der Waals surface area contributed by atoms with Crippen molar-refractivity contribution < 1.29 is 5.11 Å². The number of aliphatic hydroxyl groups excluding tert-OH is 1. The molecule has 1 saturated heterocycles. The van der Waals surface area contributed by atoms with Crippen LogP contribution in [-0.2, 0) is 0 Å². The van der Waals surface area contributed by atoms with Crippen molar-refractivity contribution in [3.05, 3.63) is 0 Å². The van der Waals surface area contributed by atoms with E-state index in [1.165, 1.54) is 51.7 Å². The van der Waals surface area contributed by atoms with Gasteiger partial charge in [0.25, 0.3) is 0 Å². The lowest BCUT2D eigenvalue weighted by Crippen LogP contribution is -2.49. The van der Waals surface area contributed by atoms with Crippen molar-refractivity contribution in [2.75, 3.05) is 19.6 Å². The topological polar surface area (TPSA) is 35.5 Å². The van der Waals surface area contributed by atoms with Crippen molar-refractivity contribution in [2.45, 2.75) is 77.0 Å². The summed E-state index contributed by atoms with van der Waals surface area (Å²) in [6, 6.07) is 1.13. The highest BCUT2D eigenvalue weighted by atomic mass is 16.3. The largest absolute Gasteiger partial charge is 0.393 e. The second-order valence-electron chi connectivity index (χ2n) is 6.68. The molecule has 1 aliphatic carbocycles. The zero-order chi connectivity index (χ0) is 13.7. The van der Waals surface area contributed by atoms with Crippen molar-refractivity contribution in [2.24, 2.45) is 5.92 Å². The van der Waals surface area contributed by atoms with E-state index in [9.17, 15) is 5.11 Å². The smallest absolute Gasteiger partial charge is 0.0555 e. The van der Waals surface area contributed by atoms with Gasteiger partial charge < -0.3 is 15.3 Å². The summed E-state index contributed by atoms with van der Waals surface area (Å²) in [4.78, 5) is 2.63. The molecular formula is C16H32N2O. The molecule has 2 rings (SSSR count). The summed E-state index contributed by atoms with van der Waals surface area (Å²) in [5, 5.41) is 13.6. The summed E-state index contributed by atoms with van der Waals surface area (Å²) in [6.07, 6.45) is 8.29. The van der Waals surface area contributed by atoms with Crippen LogP contribution in [0.3, 0.4) is 0 Å². The number of nitrogens with zero attached hydrogens (tertiary/aromatic N) is 1. The molecular weight excluding hydrogens is 236 g/mol. The second-order valence-corrected chi connectivity index (χ2v) is 6.68. The third-order valence-corrected chi connectivity index (χ3v) is 4.93. The van der Waals surface area contributed by atoms with Gasteiger partial charge in [-0.25, -0.2) is 0 Å². The predicted octanol–water partition coefficient (Wildman–Crippen LogP) is 2.39. The maximum absolute atomic E-state index is 9.77. The summed E-state index contributed by atoms with van der Waals surface area (Å²) in [5.74, 6) is 0.791. The molecule has 1 heterocycles. The minimum Gasteiger partial charge on any atom is -0.393 e. The molecule has 0 bridgehead atoms. The normalized spacial score (nSPS) is 35.2. The minimum absolute atomic E-state index is 0.0682. The lowest BCUT2D eigenvalue weighted by atomic mass is 9.88. The molecule has 0 aromatic carbocycles. The van der Waals surface area contributed by atoms with Gasteiger partial charge in [-0.2, -0.15) is 0 Å². The van der Waals surface area contributed by atoms with Crippen molar-refractivity contribution in [3.63, 3.8) is 0 Å². The van der Waals surface area contributed by atoms with E-state index in [1.807, 2.05) is 0 Å². The Morgan fingerprint density at radius 2 is 2.11 bits per heavy atom. The lowest BCUT2D eigenvalue weighted by molar-refractivity contribution is 0.0974. The van der Waals surface area contributed by atoms with Gasteiger partial charge in [0.15, 0.2) is 0 Å². The molecule has 0 spiro atoms. The van der Waals surface area contributed by atoms with Crippen molar-refractivity contribution in [1.82, 2.24) is 10.2 Å². The van der Waals surface area contributed by atoms with E-state index in [0.29, 0.717) is 12.1 Å². The van der Waals surface area contributed by atoms with Gasteiger partial charge in [-0.05, 0) is 70.9 Å². The SMILES string of the molecule is CCCN1CCCC(C(C)NC2CCCC(O)C2)C1. The van der Waals surface area contributed by atoms with Crippen molar-refractivity contribution >= 4 is 0 Å². The van der Waals surface area contributed by atoms with E-state index in [1.54, 1.807) is 0 Å². The Labute approximate surface area is 118 Å². The monoisotopic (exact) mass is 268 g/mol. The first-order chi connectivity index (χ1) is 9.19. The van der Waals surface area contributed by atoms with Crippen LogP contribution >= 0.6 is 0 Å². The van der Waals surface area contributed by atoms with E-state index in [4.69, 9.17) is 0 Å². The van der Waals surface area contributed by atoms with E-state index >= 15 is 0 Å². The third-order valence-electron chi connectivity index (χ3n) is 4.93. The van der Waals surface area contributed by atoms with Crippen LogP contribution in [0.5, 0.6) is 0 Å². The predicted molar refractivity (Wildman–Crippen MR) is 80.3 cm³/mol. The van der Waals surface area contributed by atoms with Crippen LogP contribution in [0.25, 0.3) is 0 Å². The van der Waals surface area contributed by atoms with Crippen molar-refractivity contribution in [3.8, 4) is 0 Å². The molecule has 4 unspecified atom stereocenters. The van der Waals surface area contributed by atoms with Crippen LogP contribution in [0, 0.1) is 5.92 Å². The van der Waals surface area contributed by atoms with Crippen LogP contribution < -0.4 is 5.32 Å². The minimum atomic E-state index is -0.0682. The van der Waals surface area contributed by atoms with Gasteiger partial charge in [0.2, 0.25) is 0 Å².